The summed E-state index contributed by atoms with van der Waals surface area (Å²) in [6.07, 6.45) is 2.20. The molecule has 1 atom stereocenters. The molecule has 1 aliphatic heterocycles. The monoisotopic (exact) mass is 360 g/mol. The van der Waals surface area contributed by atoms with Gasteiger partial charge in [0.15, 0.2) is 0 Å². The highest BCUT2D eigenvalue weighted by atomic mass is 16.5. The number of ether oxygens (including phenoxy) is 1. The molecule has 1 aromatic heterocycles. The Morgan fingerprint density at radius 2 is 2.00 bits per heavy atom. The molecule has 0 bridgehead atoms. The average molecular weight is 360 g/mol. The summed E-state index contributed by atoms with van der Waals surface area (Å²) in [4.78, 5) is 13.2. The lowest BCUT2D eigenvalue weighted by molar-refractivity contribution is 0.0692. The van der Waals surface area contributed by atoms with E-state index in [2.05, 4.69) is 5.10 Å². The van der Waals surface area contributed by atoms with Crippen molar-refractivity contribution in [1.29, 1.82) is 0 Å². The third kappa shape index (κ3) is 3.36. The lowest BCUT2D eigenvalue weighted by Crippen LogP contribution is -2.26. The van der Waals surface area contributed by atoms with Gasteiger partial charge in [-0.25, -0.2) is 5.01 Å². The van der Waals surface area contributed by atoms with Crippen molar-refractivity contribution in [2.24, 2.45) is 5.10 Å². The van der Waals surface area contributed by atoms with E-state index in [-0.39, 0.29) is 11.9 Å². The Balaban J connectivity index is 1.72. The summed E-state index contributed by atoms with van der Waals surface area (Å²) in [5.74, 6) is 1.34. The molecule has 5 heteroatoms. The van der Waals surface area contributed by atoms with Gasteiger partial charge < -0.3 is 9.15 Å². The van der Waals surface area contributed by atoms with Crippen molar-refractivity contribution in [3.8, 4) is 5.75 Å². The van der Waals surface area contributed by atoms with Crippen LogP contribution in [0.15, 0.2) is 76.4 Å². The first-order chi connectivity index (χ1) is 13.2. The number of carbonyl (C=O) groups excluding carboxylic acids is 1. The fourth-order valence-electron chi connectivity index (χ4n) is 3.29. The van der Waals surface area contributed by atoms with E-state index in [0.717, 1.165) is 28.3 Å². The van der Waals surface area contributed by atoms with Crippen molar-refractivity contribution in [2.45, 2.75) is 19.4 Å². The normalized spacial score (nSPS) is 16.3. The second-order valence-electron chi connectivity index (χ2n) is 6.53. The molecule has 0 saturated carbocycles. The number of amides is 1. The maximum absolute atomic E-state index is 13.2. The highest BCUT2D eigenvalue weighted by Gasteiger charge is 2.35. The zero-order chi connectivity index (χ0) is 18.8. The van der Waals surface area contributed by atoms with Crippen molar-refractivity contribution < 1.29 is 13.9 Å². The summed E-state index contributed by atoms with van der Waals surface area (Å²) in [6, 6.07) is 18.7. The van der Waals surface area contributed by atoms with Crippen molar-refractivity contribution in [3.63, 3.8) is 0 Å². The van der Waals surface area contributed by atoms with Crippen LogP contribution in [0, 0.1) is 6.92 Å². The molecule has 1 amide bonds. The van der Waals surface area contributed by atoms with Gasteiger partial charge in [0.05, 0.1) is 19.1 Å². The van der Waals surface area contributed by atoms with Crippen LogP contribution in [0.1, 0.15) is 39.7 Å². The van der Waals surface area contributed by atoms with Gasteiger partial charge in [-0.3, -0.25) is 4.79 Å². The molecule has 1 aliphatic rings. The molecular weight excluding hydrogens is 340 g/mol. The molecule has 5 nitrogen and oxygen atoms in total. The fourth-order valence-corrected chi connectivity index (χ4v) is 3.29. The van der Waals surface area contributed by atoms with E-state index in [4.69, 9.17) is 9.15 Å². The van der Waals surface area contributed by atoms with Crippen LogP contribution < -0.4 is 4.74 Å². The quantitative estimate of drug-likeness (QED) is 0.684. The molecule has 0 fully saturated rings. The lowest BCUT2D eigenvalue weighted by atomic mass is 10.0. The summed E-state index contributed by atoms with van der Waals surface area (Å²) in [7, 11) is 1.63. The largest absolute Gasteiger partial charge is 0.497 e. The molecule has 3 aromatic rings. The first-order valence-corrected chi connectivity index (χ1v) is 8.81. The van der Waals surface area contributed by atoms with E-state index in [1.54, 1.807) is 13.4 Å². The number of hydrogen-bond donors (Lipinski definition) is 0. The number of nitrogens with zero attached hydrogens (tertiary/aromatic N) is 2. The van der Waals surface area contributed by atoms with Crippen LogP contribution in [-0.4, -0.2) is 23.7 Å². The van der Waals surface area contributed by atoms with Crippen molar-refractivity contribution >= 4 is 11.6 Å². The van der Waals surface area contributed by atoms with E-state index >= 15 is 0 Å². The third-order valence-corrected chi connectivity index (χ3v) is 4.66. The number of benzene rings is 2. The van der Waals surface area contributed by atoms with Crippen LogP contribution >= 0.6 is 0 Å². The molecule has 0 saturated heterocycles. The maximum Gasteiger partial charge on any atom is 0.274 e. The van der Waals surface area contributed by atoms with E-state index < -0.39 is 0 Å². The minimum Gasteiger partial charge on any atom is -0.497 e. The smallest absolute Gasteiger partial charge is 0.274 e. The SMILES string of the molecule is COc1cccc(C2=NN(C(=O)c3cccc(C)c3)C(c3ccco3)C2)c1. The number of methoxy groups -OCH3 is 1. The number of furan rings is 1. The van der Waals surface area contributed by atoms with Gasteiger partial charge in [0.2, 0.25) is 0 Å². The van der Waals surface area contributed by atoms with E-state index in [0.29, 0.717) is 12.0 Å². The number of hydrazone groups is 1. The van der Waals surface area contributed by atoms with E-state index in [1.807, 2.05) is 67.6 Å². The van der Waals surface area contributed by atoms with Gasteiger partial charge >= 0.3 is 0 Å². The lowest BCUT2D eigenvalue weighted by Gasteiger charge is -2.20. The van der Waals surface area contributed by atoms with Crippen LogP contribution in [0.25, 0.3) is 0 Å². The van der Waals surface area contributed by atoms with Gasteiger partial charge in [-0.1, -0.05) is 29.8 Å². The molecule has 2 aromatic carbocycles. The van der Waals surface area contributed by atoms with Gasteiger partial charge in [0.25, 0.3) is 5.91 Å². The second-order valence-corrected chi connectivity index (χ2v) is 6.53. The Hall–Kier alpha value is -3.34. The topological polar surface area (TPSA) is 55.0 Å². The fraction of sp³-hybridized carbons (Fsp3) is 0.182. The Labute approximate surface area is 157 Å². The van der Waals surface area contributed by atoms with Gasteiger partial charge in [-0.2, -0.15) is 5.10 Å². The summed E-state index contributed by atoms with van der Waals surface area (Å²) < 4.78 is 10.9. The predicted octanol–water partition coefficient (Wildman–Crippen LogP) is 4.59. The zero-order valence-corrected chi connectivity index (χ0v) is 15.3. The Kier molecular flexibility index (Phi) is 4.50. The van der Waals surface area contributed by atoms with Gasteiger partial charge in [-0.05, 0) is 43.3 Å². The Morgan fingerprint density at radius 1 is 1.15 bits per heavy atom. The van der Waals surface area contributed by atoms with Crippen molar-refractivity contribution in [1.82, 2.24) is 5.01 Å². The van der Waals surface area contributed by atoms with Crippen LogP contribution in [0.2, 0.25) is 0 Å². The van der Waals surface area contributed by atoms with E-state index in [1.165, 1.54) is 5.01 Å². The first-order valence-electron chi connectivity index (χ1n) is 8.81. The summed E-state index contributed by atoms with van der Waals surface area (Å²) in [5.41, 5.74) is 3.41. The Bertz CT molecular complexity index is 992. The first kappa shape index (κ1) is 17.1. The van der Waals surface area contributed by atoms with Gasteiger partial charge in [0.1, 0.15) is 17.6 Å². The van der Waals surface area contributed by atoms with Crippen molar-refractivity contribution in [3.05, 3.63) is 89.4 Å². The molecule has 136 valence electrons. The van der Waals surface area contributed by atoms with Crippen LogP contribution in [0.5, 0.6) is 5.75 Å². The molecule has 0 spiro atoms. The number of rotatable bonds is 4. The second kappa shape index (κ2) is 7.11. The summed E-state index contributed by atoms with van der Waals surface area (Å²) in [6.45, 7) is 1.97. The summed E-state index contributed by atoms with van der Waals surface area (Å²) >= 11 is 0. The number of aryl methyl sites for hydroxylation is 1. The molecule has 27 heavy (non-hydrogen) atoms. The number of hydrogen-bond acceptors (Lipinski definition) is 4. The molecule has 0 N–H and O–H groups in total. The molecular formula is C22H20N2O3. The minimum absolute atomic E-state index is 0.141. The highest BCUT2D eigenvalue weighted by molar-refractivity contribution is 6.05. The van der Waals surface area contributed by atoms with Crippen LogP contribution in [0.3, 0.4) is 0 Å². The molecule has 2 heterocycles. The maximum atomic E-state index is 13.2. The average Bonchev–Trinajstić information content (AvgIpc) is 3.37. The highest BCUT2D eigenvalue weighted by Crippen LogP contribution is 2.34. The predicted molar refractivity (Wildman–Crippen MR) is 103 cm³/mol. The standard InChI is InChI=1S/C22H20N2O3/c1-15-6-3-8-17(12-15)22(25)24-20(21-10-5-11-27-21)14-19(23-24)16-7-4-9-18(13-16)26-2/h3-13,20H,14H2,1-2H3. The molecule has 4 rings (SSSR count). The van der Waals surface area contributed by atoms with Gasteiger partial charge in [-0.15, -0.1) is 0 Å². The Morgan fingerprint density at radius 3 is 2.74 bits per heavy atom. The molecule has 0 aliphatic carbocycles. The molecule has 0 radical (unpaired) electrons. The van der Waals surface area contributed by atoms with Crippen LogP contribution in [-0.2, 0) is 0 Å². The van der Waals surface area contributed by atoms with Crippen molar-refractivity contribution in [2.75, 3.05) is 7.11 Å². The van der Waals surface area contributed by atoms with Crippen LogP contribution in [0.4, 0.5) is 0 Å². The van der Waals surface area contributed by atoms with Gasteiger partial charge in [0, 0.05) is 17.5 Å². The summed E-state index contributed by atoms with van der Waals surface area (Å²) in [5, 5.41) is 6.19. The molecule has 1 unspecified atom stereocenters. The zero-order valence-electron chi connectivity index (χ0n) is 15.3. The minimum atomic E-state index is -0.269. The van der Waals surface area contributed by atoms with E-state index in [9.17, 15) is 4.79 Å². The third-order valence-electron chi connectivity index (χ3n) is 4.66. The number of carbonyl (C=O) groups is 1.